The molecule has 4 unspecified atom stereocenters. The van der Waals surface area contributed by atoms with Crippen LogP contribution in [-0.2, 0) is 35.1 Å². The van der Waals surface area contributed by atoms with Gasteiger partial charge < -0.3 is 64.3 Å². The fourth-order valence-electron chi connectivity index (χ4n) is 6.34. The summed E-state index contributed by atoms with van der Waals surface area (Å²) >= 11 is 0. The Kier molecular flexibility index (Phi) is 26.1. The SMILES string of the molecule is CCOCCOCCOc1ccc(CC(C(=O)O)N2CCN(C(CCO)C(=O)[O-])CCN(C(CCO)C(=O)[O-])CCN(C(CCO)C(=O)[O-])CC2)cc1.[Gd+3]. The van der Waals surface area contributed by atoms with Crippen LogP contribution < -0.4 is 20.1 Å². The quantitative estimate of drug-likeness (QED) is 0.0707. The summed E-state index contributed by atoms with van der Waals surface area (Å²) in [5.41, 5.74) is 0.658. The maximum Gasteiger partial charge on any atom is 3.00 e. The Morgan fingerprint density at radius 1 is 0.611 bits per heavy atom. The van der Waals surface area contributed by atoms with Crippen LogP contribution in [0.1, 0.15) is 31.7 Å². The van der Waals surface area contributed by atoms with Gasteiger partial charge >= 0.3 is 45.9 Å². The Hall–Kier alpha value is -2.14. The molecular weight excluding hydrogens is 858 g/mol. The summed E-state index contributed by atoms with van der Waals surface area (Å²) in [4.78, 5) is 55.4. The third kappa shape index (κ3) is 17.8. The number of aliphatic hydroxyl groups excluding tert-OH is 3. The van der Waals surface area contributed by atoms with Gasteiger partial charge in [-0.2, -0.15) is 0 Å². The topological polar surface area (TPSA) is 259 Å². The minimum Gasteiger partial charge on any atom is -0.548 e. The van der Waals surface area contributed by atoms with Crippen molar-refractivity contribution in [1.29, 1.82) is 0 Å². The number of aliphatic hydroxyl groups is 3. The van der Waals surface area contributed by atoms with Gasteiger partial charge in [-0.15, -0.1) is 0 Å². The van der Waals surface area contributed by atoms with E-state index < -0.39 is 67.9 Å². The molecule has 0 saturated carbocycles. The molecule has 307 valence electrons. The second-order valence-corrected chi connectivity index (χ2v) is 12.5. The number of carboxylic acids is 4. The first kappa shape index (κ1) is 49.9. The third-order valence-electron chi connectivity index (χ3n) is 9.19. The molecular formula is C35H55GdN4O14. The first-order valence-corrected chi connectivity index (χ1v) is 18.0. The monoisotopic (exact) mass is 913 g/mol. The van der Waals surface area contributed by atoms with E-state index in [2.05, 4.69) is 0 Å². The average Bonchev–Trinajstić information content (AvgIpc) is 3.12. The summed E-state index contributed by atoms with van der Waals surface area (Å²) in [7, 11) is 0. The largest absolute Gasteiger partial charge is 3.00 e. The van der Waals surface area contributed by atoms with Gasteiger partial charge in [-0.25, -0.2) is 0 Å². The fourth-order valence-corrected chi connectivity index (χ4v) is 6.34. The molecule has 4 N–H and O–H groups in total. The molecule has 2 rings (SSSR count). The number of carbonyl (C=O) groups is 4. The number of carbonyl (C=O) groups excluding carboxylic acids is 3. The Labute approximate surface area is 348 Å². The molecule has 1 saturated heterocycles. The van der Waals surface area contributed by atoms with Crippen molar-refractivity contribution in [3.63, 3.8) is 0 Å². The normalized spacial score (nSPS) is 17.9. The van der Waals surface area contributed by atoms with Gasteiger partial charge in [0, 0.05) is 78.8 Å². The molecule has 1 radical (unpaired) electrons. The summed E-state index contributed by atoms with van der Waals surface area (Å²) in [6.07, 6.45) is -0.601. The van der Waals surface area contributed by atoms with Crippen molar-refractivity contribution in [2.45, 2.75) is 56.8 Å². The smallest absolute Gasteiger partial charge is 0.548 e. The van der Waals surface area contributed by atoms with E-state index in [1.54, 1.807) is 29.2 Å². The third-order valence-corrected chi connectivity index (χ3v) is 9.19. The number of aliphatic carboxylic acids is 4. The van der Waals surface area contributed by atoms with Crippen molar-refractivity contribution in [3.05, 3.63) is 29.8 Å². The second-order valence-electron chi connectivity index (χ2n) is 12.5. The molecule has 0 bridgehead atoms. The molecule has 1 heterocycles. The molecule has 19 heteroatoms. The summed E-state index contributed by atoms with van der Waals surface area (Å²) < 4.78 is 16.4. The van der Waals surface area contributed by atoms with Crippen LogP contribution in [0, 0.1) is 39.9 Å². The zero-order chi connectivity index (χ0) is 39.2. The second kappa shape index (κ2) is 28.3. The molecule has 0 aromatic heterocycles. The van der Waals surface area contributed by atoms with Crippen LogP contribution in [0.25, 0.3) is 0 Å². The number of hydrogen-bond donors (Lipinski definition) is 4. The molecule has 0 aliphatic carbocycles. The zero-order valence-electron chi connectivity index (χ0n) is 30.8. The molecule has 1 aliphatic rings. The Bertz CT molecular complexity index is 1190. The first-order valence-electron chi connectivity index (χ1n) is 18.0. The van der Waals surface area contributed by atoms with Crippen molar-refractivity contribution in [2.24, 2.45) is 0 Å². The van der Waals surface area contributed by atoms with Crippen molar-refractivity contribution < 1.29 is 109 Å². The van der Waals surface area contributed by atoms with Crippen LogP contribution in [-0.4, -0.2) is 193 Å². The molecule has 0 spiro atoms. The summed E-state index contributed by atoms with van der Waals surface area (Å²) in [5.74, 6) is -5.06. The van der Waals surface area contributed by atoms with Crippen molar-refractivity contribution >= 4 is 23.9 Å². The van der Waals surface area contributed by atoms with Gasteiger partial charge in [-0.05, 0) is 50.3 Å². The van der Waals surface area contributed by atoms with Gasteiger partial charge in [0.1, 0.15) is 18.4 Å². The van der Waals surface area contributed by atoms with E-state index in [1.165, 1.54) is 14.7 Å². The predicted molar refractivity (Wildman–Crippen MR) is 182 cm³/mol. The van der Waals surface area contributed by atoms with E-state index >= 15 is 0 Å². The maximum absolute atomic E-state index is 12.8. The maximum atomic E-state index is 12.8. The van der Waals surface area contributed by atoms with E-state index in [9.17, 15) is 54.9 Å². The molecule has 4 atom stereocenters. The Morgan fingerprint density at radius 2 is 0.963 bits per heavy atom. The van der Waals surface area contributed by atoms with Gasteiger partial charge in [0.25, 0.3) is 0 Å². The van der Waals surface area contributed by atoms with Crippen LogP contribution >= 0.6 is 0 Å². The van der Waals surface area contributed by atoms with E-state index in [-0.39, 0.29) is 118 Å². The van der Waals surface area contributed by atoms with Crippen molar-refractivity contribution in [1.82, 2.24) is 19.6 Å². The van der Waals surface area contributed by atoms with Gasteiger partial charge in [0.05, 0.1) is 55.9 Å². The molecule has 18 nitrogen and oxygen atoms in total. The first-order chi connectivity index (χ1) is 25.5. The van der Waals surface area contributed by atoms with Crippen LogP contribution in [0.3, 0.4) is 0 Å². The molecule has 1 aromatic rings. The van der Waals surface area contributed by atoms with Gasteiger partial charge in [-0.3, -0.25) is 24.4 Å². The molecule has 1 aromatic carbocycles. The Morgan fingerprint density at radius 3 is 1.30 bits per heavy atom. The average molecular weight is 913 g/mol. The van der Waals surface area contributed by atoms with E-state index in [4.69, 9.17) is 14.2 Å². The molecule has 1 fully saturated rings. The summed E-state index contributed by atoms with van der Waals surface area (Å²) in [6.45, 7) is 2.26. The number of rotatable bonds is 24. The molecule has 54 heavy (non-hydrogen) atoms. The van der Waals surface area contributed by atoms with Gasteiger partial charge in [0.15, 0.2) is 0 Å². The van der Waals surface area contributed by atoms with Crippen molar-refractivity contribution in [2.75, 3.05) is 105 Å². The number of carboxylic acid groups (broad SMARTS) is 4. The predicted octanol–water partition coefficient (Wildman–Crippen LogP) is -5.16. The van der Waals surface area contributed by atoms with Crippen molar-refractivity contribution in [3.8, 4) is 5.75 Å². The van der Waals surface area contributed by atoms with E-state index in [0.717, 1.165) is 0 Å². The zero-order valence-corrected chi connectivity index (χ0v) is 33.0. The fraction of sp³-hybridized carbons (Fsp3) is 0.714. The number of nitrogens with zero attached hydrogens (tertiary/aromatic N) is 4. The standard InChI is InChI=1S/C35H58N4O14.Gd/c1-2-51-21-22-52-23-24-53-27-5-3-26(4-6-27)25-31(35(49)50)39-16-14-37(29(8-19-41)33(45)46)12-10-36(28(7-18-40)32(43)44)11-13-38(15-17-39)30(9-20-42)34(47)48;/h3-6,28-31,40-42H,2,7-25H2,1H3,(H,43,44)(H,45,46)(H,47,48)(H,49,50);/q;+3/p-3. The number of ether oxygens (including phenoxy) is 3. The van der Waals surface area contributed by atoms with Crippen LogP contribution in [0.15, 0.2) is 24.3 Å². The minimum absolute atomic E-state index is 0. The van der Waals surface area contributed by atoms with Gasteiger partial charge in [0.2, 0.25) is 0 Å². The minimum atomic E-state index is -1.49. The van der Waals surface area contributed by atoms with Crippen LogP contribution in [0.5, 0.6) is 5.75 Å². The summed E-state index contributed by atoms with van der Waals surface area (Å²) in [6, 6.07) is 1.84. The van der Waals surface area contributed by atoms with E-state index in [0.29, 0.717) is 44.3 Å². The number of benzene rings is 1. The molecule has 0 amide bonds. The van der Waals surface area contributed by atoms with E-state index in [1.807, 2.05) is 6.92 Å². The number of hydrogen-bond acceptors (Lipinski definition) is 17. The summed E-state index contributed by atoms with van der Waals surface area (Å²) in [5, 5.41) is 75.9. The Balaban J connectivity index is 0.0000146. The van der Waals surface area contributed by atoms with Crippen LogP contribution in [0.4, 0.5) is 0 Å². The van der Waals surface area contributed by atoms with Crippen LogP contribution in [0.2, 0.25) is 0 Å². The molecule has 1 aliphatic heterocycles. The van der Waals surface area contributed by atoms with Gasteiger partial charge in [-0.1, -0.05) is 12.1 Å².